The van der Waals surface area contributed by atoms with E-state index in [0.717, 1.165) is 12.8 Å². The SMILES string of the molecule is CCOC(=O)C[C@H]1CC[C@]2(CC)C(=O)OCC(C)(C)N12. The average Bonchev–Trinajstić information content (AvgIpc) is 2.76. The Labute approximate surface area is 120 Å². The van der Waals surface area contributed by atoms with E-state index in [1.807, 2.05) is 13.8 Å². The van der Waals surface area contributed by atoms with Crippen molar-refractivity contribution in [2.75, 3.05) is 13.2 Å². The zero-order chi connectivity index (χ0) is 15.0. The smallest absolute Gasteiger partial charge is 0.326 e. The first-order valence-corrected chi connectivity index (χ1v) is 7.49. The van der Waals surface area contributed by atoms with Gasteiger partial charge in [-0.15, -0.1) is 0 Å². The summed E-state index contributed by atoms with van der Waals surface area (Å²) in [5, 5.41) is 0. The molecule has 2 saturated heterocycles. The predicted molar refractivity (Wildman–Crippen MR) is 74.2 cm³/mol. The summed E-state index contributed by atoms with van der Waals surface area (Å²) in [5.41, 5.74) is -0.795. The molecule has 0 aromatic carbocycles. The monoisotopic (exact) mass is 283 g/mol. The van der Waals surface area contributed by atoms with Crippen LogP contribution in [0.4, 0.5) is 0 Å². The second-order valence-corrected chi connectivity index (χ2v) is 6.35. The van der Waals surface area contributed by atoms with Gasteiger partial charge in [-0.2, -0.15) is 0 Å². The van der Waals surface area contributed by atoms with E-state index >= 15 is 0 Å². The lowest BCUT2D eigenvalue weighted by Crippen LogP contribution is -2.67. The van der Waals surface area contributed by atoms with Gasteiger partial charge in [0.15, 0.2) is 0 Å². The molecule has 2 atom stereocenters. The number of fused-ring (bicyclic) bond motifs is 1. The van der Waals surface area contributed by atoms with Crippen molar-refractivity contribution in [2.24, 2.45) is 0 Å². The van der Waals surface area contributed by atoms with Crippen LogP contribution in [0.3, 0.4) is 0 Å². The third kappa shape index (κ3) is 2.32. The highest BCUT2D eigenvalue weighted by molar-refractivity contribution is 5.83. The zero-order valence-corrected chi connectivity index (χ0v) is 12.9. The van der Waals surface area contributed by atoms with Crippen molar-refractivity contribution >= 4 is 11.9 Å². The van der Waals surface area contributed by atoms with Crippen LogP contribution in [0, 0.1) is 0 Å². The van der Waals surface area contributed by atoms with Gasteiger partial charge in [0.1, 0.15) is 12.1 Å². The second kappa shape index (κ2) is 5.35. The lowest BCUT2D eigenvalue weighted by atomic mass is 9.86. The molecule has 0 bridgehead atoms. The fraction of sp³-hybridized carbons (Fsp3) is 0.867. The van der Waals surface area contributed by atoms with Crippen LogP contribution in [0.2, 0.25) is 0 Å². The van der Waals surface area contributed by atoms with Crippen molar-refractivity contribution in [1.82, 2.24) is 4.90 Å². The quantitative estimate of drug-likeness (QED) is 0.737. The normalized spacial score (nSPS) is 32.6. The standard InChI is InChI=1S/C15H25NO4/c1-5-15-8-7-11(9-12(17)19-6-2)16(15)14(3,4)10-20-13(15)18/h11H,5-10H2,1-4H3/t11-,15-/m1/s1. The molecule has 2 fully saturated rings. The summed E-state index contributed by atoms with van der Waals surface area (Å²) in [6.45, 7) is 8.76. The summed E-state index contributed by atoms with van der Waals surface area (Å²) >= 11 is 0. The molecule has 2 rings (SSSR count). The molecule has 0 amide bonds. The Balaban J connectivity index is 2.25. The van der Waals surface area contributed by atoms with Crippen molar-refractivity contribution in [2.45, 2.75) is 70.5 Å². The molecular formula is C15H25NO4. The average molecular weight is 283 g/mol. The molecule has 0 unspecified atom stereocenters. The van der Waals surface area contributed by atoms with Crippen LogP contribution in [-0.4, -0.2) is 47.2 Å². The van der Waals surface area contributed by atoms with E-state index in [4.69, 9.17) is 9.47 Å². The van der Waals surface area contributed by atoms with E-state index in [1.54, 1.807) is 0 Å². The molecule has 20 heavy (non-hydrogen) atoms. The Morgan fingerprint density at radius 3 is 2.75 bits per heavy atom. The molecule has 0 saturated carbocycles. The predicted octanol–water partition coefficient (Wildman–Crippen LogP) is 1.89. The molecule has 5 heteroatoms. The minimum Gasteiger partial charge on any atom is -0.466 e. The van der Waals surface area contributed by atoms with Gasteiger partial charge in [0.05, 0.1) is 18.6 Å². The highest BCUT2D eigenvalue weighted by Crippen LogP contribution is 2.46. The Morgan fingerprint density at radius 1 is 1.45 bits per heavy atom. The minimum atomic E-state index is -0.557. The molecule has 5 nitrogen and oxygen atoms in total. The zero-order valence-electron chi connectivity index (χ0n) is 12.9. The summed E-state index contributed by atoms with van der Waals surface area (Å²) in [7, 11) is 0. The largest absolute Gasteiger partial charge is 0.466 e. The maximum absolute atomic E-state index is 12.3. The summed E-state index contributed by atoms with van der Waals surface area (Å²) in [6.07, 6.45) is 2.67. The minimum absolute atomic E-state index is 0.0665. The molecule has 0 radical (unpaired) electrons. The number of hydrogen-bond donors (Lipinski definition) is 0. The first-order chi connectivity index (χ1) is 9.37. The summed E-state index contributed by atoms with van der Waals surface area (Å²) in [5.74, 6) is -0.315. The van der Waals surface area contributed by atoms with Crippen LogP contribution in [0.1, 0.15) is 53.4 Å². The Kier molecular flexibility index (Phi) is 4.09. The maximum Gasteiger partial charge on any atom is 0.326 e. The third-order valence-electron chi connectivity index (χ3n) is 4.60. The molecule has 2 aliphatic rings. The Morgan fingerprint density at radius 2 is 2.15 bits per heavy atom. The fourth-order valence-electron chi connectivity index (χ4n) is 3.82. The lowest BCUT2D eigenvalue weighted by Gasteiger charge is -2.51. The van der Waals surface area contributed by atoms with Crippen LogP contribution >= 0.6 is 0 Å². The Bertz CT molecular complexity index is 407. The van der Waals surface area contributed by atoms with Crippen molar-refractivity contribution in [3.8, 4) is 0 Å². The van der Waals surface area contributed by atoms with Crippen LogP contribution in [0.5, 0.6) is 0 Å². The third-order valence-corrected chi connectivity index (χ3v) is 4.60. The van der Waals surface area contributed by atoms with Gasteiger partial charge in [0, 0.05) is 6.04 Å². The van der Waals surface area contributed by atoms with Gasteiger partial charge in [-0.1, -0.05) is 6.92 Å². The second-order valence-electron chi connectivity index (χ2n) is 6.35. The first-order valence-electron chi connectivity index (χ1n) is 7.49. The molecule has 2 heterocycles. The van der Waals surface area contributed by atoms with Crippen molar-refractivity contribution < 1.29 is 19.1 Å². The maximum atomic E-state index is 12.3. The van der Waals surface area contributed by atoms with E-state index < -0.39 is 5.54 Å². The van der Waals surface area contributed by atoms with Gasteiger partial charge in [0.25, 0.3) is 0 Å². The summed E-state index contributed by atoms with van der Waals surface area (Å²) in [6, 6.07) is 0.0665. The fourth-order valence-corrected chi connectivity index (χ4v) is 3.82. The van der Waals surface area contributed by atoms with Gasteiger partial charge in [-0.25, -0.2) is 0 Å². The molecule has 114 valence electrons. The van der Waals surface area contributed by atoms with Crippen LogP contribution < -0.4 is 0 Å². The molecule has 0 N–H and O–H groups in total. The molecule has 0 aliphatic carbocycles. The molecular weight excluding hydrogens is 258 g/mol. The summed E-state index contributed by atoms with van der Waals surface area (Å²) < 4.78 is 10.5. The van der Waals surface area contributed by atoms with Gasteiger partial charge >= 0.3 is 11.9 Å². The number of morpholine rings is 1. The van der Waals surface area contributed by atoms with Crippen LogP contribution in [-0.2, 0) is 19.1 Å². The van der Waals surface area contributed by atoms with Gasteiger partial charge in [0.2, 0.25) is 0 Å². The van der Waals surface area contributed by atoms with Gasteiger partial charge < -0.3 is 9.47 Å². The number of rotatable bonds is 4. The van der Waals surface area contributed by atoms with E-state index in [0.29, 0.717) is 26.1 Å². The van der Waals surface area contributed by atoms with Crippen molar-refractivity contribution in [3.05, 3.63) is 0 Å². The van der Waals surface area contributed by atoms with Crippen molar-refractivity contribution in [1.29, 1.82) is 0 Å². The molecule has 0 aromatic rings. The van der Waals surface area contributed by atoms with Crippen molar-refractivity contribution in [3.63, 3.8) is 0 Å². The van der Waals surface area contributed by atoms with Crippen LogP contribution in [0.25, 0.3) is 0 Å². The van der Waals surface area contributed by atoms with Gasteiger partial charge in [-0.05, 0) is 40.0 Å². The number of carbonyl (C=O) groups excluding carboxylic acids is 2. The number of esters is 2. The molecule has 2 aliphatic heterocycles. The first kappa shape index (κ1) is 15.3. The topological polar surface area (TPSA) is 55.8 Å². The highest BCUT2D eigenvalue weighted by atomic mass is 16.5. The number of carbonyl (C=O) groups is 2. The van der Waals surface area contributed by atoms with Gasteiger partial charge in [-0.3, -0.25) is 14.5 Å². The number of nitrogens with zero attached hydrogens (tertiary/aromatic N) is 1. The number of ether oxygens (including phenoxy) is 2. The van der Waals surface area contributed by atoms with Crippen LogP contribution in [0.15, 0.2) is 0 Å². The summed E-state index contributed by atoms with van der Waals surface area (Å²) in [4.78, 5) is 26.3. The molecule has 0 aromatic heterocycles. The number of cyclic esters (lactones) is 1. The van der Waals surface area contributed by atoms with E-state index in [9.17, 15) is 9.59 Å². The van der Waals surface area contributed by atoms with E-state index in [2.05, 4.69) is 18.7 Å². The Hall–Kier alpha value is -1.10. The highest BCUT2D eigenvalue weighted by Gasteiger charge is 2.59. The van der Waals surface area contributed by atoms with E-state index in [-0.39, 0.29) is 23.5 Å². The lowest BCUT2D eigenvalue weighted by molar-refractivity contribution is -0.185. The van der Waals surface area contributed by atoms with E-state index in [1.165, 1.54) is 0 Å². The molecule has 0 spiro atoms. The number of hydrogen-bond acceptors (Lipinski definition) is 5.